The van der Waals surface area contributed by atoms with Crippen LogP contribution < -0.4 is 15.0 Å². The number of benzene rings is 2. The fraction of sp³-hybridized carbons (Fsp3) is 0.136. The molecular formula is C22H18N4O3. The van der Waals surface area contributed by atoms with Gasteiger partial charge in [0.05, 0.1) is 25.6 Å². The number of hydrogen-bond acceptors (Lipinski definition) is 5. The average Bonchev–Trinajstić information content (AvgIpc) is 3.08. The highest BCUT2D eigenvalue weighted by molar-refractivity contribution is 6.00. The molecule has 0 spiro atoms. The molecular weight excluding hydrogens is 368 g/mol. The van der Waals surface area contributed by atoms with E-state index in [9.17, 15) is 10.1 Å². The highest BCUT2D eigenvalue weighted by atomic mass is 16.5. The standard InChI is InChI=1S/C22H18N4O3/c1-13-18-19(15-10-7-11-17(28-2)20(15)29-3)16(12-23)22(27)24-21(18)26(25-13)14-8-5-4-6-9-14/h4-11H,1-3H3,(H,24,27). The van der Waals surface area contributed by atoms with E-state index in [4.69, 9.17) is 9.47 Å². The van der Waals surface area contributed by atoms with Crippen molar-refractivity contribution >= 4 is 11.0 Å². The third kappa shape index (κ3) is 2.82. The van der Waals surface area contributed by atoms with E-state index in [0.29, 0.717) is 39.4 Å². The Bertz CT molecular complexity index is 1310. The number of hydrogen-bond donors (Lipinski definition) is 1. The van der Waals surface area contributed by atoms with Crippen molar-refractivity contribution in [3.05, 3.63) is 70.1 Å². The number of ether oxygens (including phenoxy) is 2. The molecule has 29 heavy (non-hydrogen) atoms. The Hall–Kier alpha value is -4.05. The second kappa shape index (κ2) is 7.17. The lowest BCUT2D eigenvalue weighted by Gasteiger charge is -2.14. The van der Waals surface area contributed by atoms with E-state index in [-0.39, 0.29) is 5.56 Å². The molecule has 7 nitrogen and oxygen atoms in total. The van der Waals surface area contributed by atoms with E-state index in [1.165, 1.54) is 7.11 Å². The fourth-order valence-electron chi connectivity index (χ4n) is 3.57. The monoisotopic (exact) mass is 386 g/mol. The number of aromatic amines is 1. The number of nitrogens with one attached hydrogen (secondary N) is 1. The van der Waals surface area contributed by atoms with Crippen molar-refractivity contribution in [3.8, 4) is 34.4 Å². The van der Waals surface area contributed by atoms with Gasteiger partial charge in [0.25, 0.3) is 5.56 Å². The smallest absolute Gasteiger partial charge is 0.268 e. The minimum absolute atomic E-state index is 0.000218. The van der Waals surface area contributed by atoms with Gasteiger partial charge in [0.1, 0.15) is 17.3 Å². The van der Waals surface area contributed by atoms with E-state index in [2.05, 4.69) is 10.1 Å². The van der Waals surface area contributed by atoms with Crippen molar-refractivity contribution in [1.29, 1.82) is 5.26 Å². The maximum atomic E-state index is 12.8. The number of nitriles is 1. The second-order valence-electron chi connectivity index (χ2n) is 6.41. The molecule has 1 N–H and O–H groups in total. The maximum Gasteiger partial charge on any atom is 0.268 e. The Labute approximate surface area is 166 Å². The lowest BCUT2D eigenvalue weighted by molar-refractivity contribution is 0.356. The molecule has 144 valence electrons. The Kier molecular flexibility index (Phi) is 4.53. The van der Waals surface area contributed by atoms with E-state index in [0.717, 1.165) is 5.69 Å². The van der Waals surface area contributed by atoms with E-state index >= 15 is 0 Å². The first-order valence-electron chi connectivity index (χ1n) is 8.93. The molecule has 0 fully saturated rings. The van der Waals surface area contributed by atoms with Gasteiger partial charge >= 0.3 is 0 Å². The van der Waals surface area contributed by atoms with Gasteiger partial charge < -0.3 is 14.5 Å². The Morgan fingerprint density at radius 2 is 1.83 bits per heavy atom. The number of para-hydroxylation sites is 2. The molecule has 7 heteroatoms. The highest BCUT2D eigenvalue weighted by Crippen LogP contribution is 2.42. The fourth-order valence-corrected chi connectivity index (χ4v) is 3.57. The van der Waals surface area contributed by atoms with Crippen molar-refractivity contribution in [2.45, 2.75) is 6.92 Å². The summed E-state index contributed by atoms with van der Waals surface area (Å²) in [6.45, 7) is 1.84. The first-order valence-corrected chi connectivity index (χ1v) is 8.93. The van der Waals surface area contributed by atoms with Gasteiger partial charge in [-0.1, -0.05) is 30.3 Å². The lowest BCUT2D eigenvalue weighted by atomic mass is 9.96. The summed E-state index contributed by atoms with van der Waals surface area (Å²) >= 11 is 0. The first-order chi connectivity index (χ1) is 14.1. The van der Waals surface area contributed by atoms with Crippen LogP contribution in [0.25, 0.3) is 27.8 Å². The third-order valence-corrected chi connectivity index (χ3v) is 4.80. The van der Waals surface area contributed by atoms with Gasteiger partial charge in [0.15, 0.2) is 11.5 Å². The van der Waals surface area contributed by atoms with Gasteiger partial charge in [-0.05, 0) is 25.1 Å². The van der Waals surface area contributed by atoms with Crippen molar-refractivity contribution in [3.63, 3.8) is 0 Å². The third-order valence-electron chi connectivity index (χ3n) is 4.80. The van der Waals surface area contributed by atoms with E-state index in [1.807, 2.05) is 43.3 Å². The van der Waals surface area contributed by atoms with Crippen LogP contribution in [-0.2, 0) is 0 Å². The molecule has 2 aromatic heterocycles. The van der Waals surface area contributed by atoms with Crippen LogP contribution in [0, 0.1) is 18.3 Å². The molecule has 0 aliphatic carbocycles. The Morgan fingerprint density at radius 3 is 2.48 bits per heavy atom. The largest absolute Gasteiger partial charge is 0.493 e. The number of nitrogens with zero attached hydrogens (tertiary/aromatic N) is 3. The predicted octanol–water partition coefficient (Wildman–Crippen LogP) is 3.58. The van der Waals surface area contributed by atoms with Crippen LogP contribution in [0.15, 0.2) is 53.3 Å². The summed E-state index contributed by atoms with van der Waals surface area (Å²) in [5.74, 6) is 0.959. The summed E-state index contributed by atoms with van der Waals surface area (Å²) in [6.07, 6.45) is 0. The van der Waals surface area contributed by atoms with Gasteiger partial charge in [-0.3, -0.25) is 4.79 Å². The van der Waals surface area contributed by atoms with Gasteiger partial charge in [-0.25, -0.2) is 4.68 Å². The zero-order chi connectivity index (χ0) is 20.5. The number of pyridine rings is 1. The SMILES string of the molecule is COc1cccc(-c2c(C#N)c(=O)[nH]c3c2c(C)nn3-c2ccccc2)c1OC. The zero-order valence-corrected chi connectivity index (χ0v) is 16.2. The van der Waals surface area contributed by atoms with E-state index < -0.39 is 5.56 Å². The normalized spacial score (nSPS) is 10.7. The van der Waals surface area contributed by atoms with Crippen LogP contribution in [0.2, 0.25) is 0 Å². The minimum atomic E-state index is -0.489. The molecule has 0 aliphatic rings. The van der Waals surface area contributed by atoms with Gasteiger partial charge in [0.2, 0.25) is 0 Å². The topological polar surface area (TPSA) is 92.9 Å². The van der Waals surface area contributed by atoms with Crippen LogP contribution in [0.3, 0.4) is 0 Å². The number of aryl methyl sites for hydroxylation is 1. The van der Waals surface area contributed by atoms with Crippen LogP contribution in [0.1, 0.15) is 11.3 Å². The van der Waals surface area contributed by atoms with Crippen LogP contribution >= 0.6 is 0 Å². The lowest BCUT2D eigenvalue weighted by Crippen LogP contribution is -2.14. The zero-order valence-electron chi connectivity index (χ0n) is 16.2. The Morgan fingerprint density at radius 1 is 1.07 bits per heavy atom. The van der Waals surface area contributed by atoms with Crippen LogP contribution in [0.4, 0.5) is 0 Å². The van der Waals surface area contributed by atoms with E-state index in [1.54, 1.807) is 30.0 Å². The van der Waals surface area contributed by atoms with Crippen LogP contribution in [-0.4, -0.2) is 29.0 Å². The molecule has 2 aromatic carbocycles. The minimum Gasteiger partial charge on any atom is -0.493 e. The molecule has 0 amide bonds. The van der Waals surface area contributed by atoms with Crippen molar-refractivity contribution in [2.24, 2.45) is 0 Å². The molecule has 4 aromatic rings. The number of H-pyrrole nitrogens is 1. The Balaban J connectivity index is 2.17. The van der Waals surface area contributed by atoms with Gasteiger partial charge in [-0.15, -0.1) is 0 Å². The van der Waals surface area contributed by atoms with Crippen molar-refractivity contribution in [1.82, 2.24) is 14.8 Å². The van der Waals surface area contributed by atoms with Crippen molar-refractivity contribution < 1.29 is 9.47 Å². The molecule has 0 saturated carbocycles. The number of aromatic nitrogens is 3. The van der Waals surface area contributed by atoms with Crippen LogP contribution in [0.5, 0.6) is 11.5 Å². The quantitative estimate of drug-likeness (QED) is 0.579. The second-order valence-corrected chi connectivity index (χ2v) is 6.41. The van der Waals surface area contributed by atoms with Crippen molar-refractivity contribution in [2.75, 3.05) is 14.2 Å². The molecule has 0 bridgehead atoms. The number of fused-ring (bicyclic) bond motifs is 1. The summed E-state index contributed by atoms with van der Waals surface area (Å²) in [5, 5.41) is 15.1. The molecule has 0 atom stereocenters. The number of rotatable bonds is 4. The summed E-state index contributed by atoms with van der Waals surface area (Å²) < 4.78 is 12.6. The molecule has 2 heterocycles. The molecule has 4 rings (SSSR count). The summed E-state index contributed by atoms with van der Waals surface area (Å²) in [5.41, 5.74) is 2.57. The molecule has 0 saturated heterocycles. The van der Waals surface area contributed by atoms with Gasteiger partial charge in [0, 0.05) is 16.5 Å². The van der Waals surface area contributed by atoms with Gasteiger partial charge in [-0.2, -0.15) is 10.4 Å². The maximum absolute atomic E-state index is 12.8. The predicted molar refractivity (Wildman–Crippen MR) is 110 cm³/mol. The highest BCUT2D eigenvalue weighted by Gasteiger charge is 2.24. The first kappa shape index (κ1) is 18.3. The molecule has 0 aliphatic heterocycles. The number of methoxy groups -OCH3 is 2. The molecule has 0 radical (unpaired) electrons. The summed E-state index contributed by atoms with van der Waals surface area (Å²) in [7, 11) is 3.07. The average molecular weight is 386 g/mol. The summed E-state index contributed by atoms with van der Waals surface area (Å²) in [6, 6.07) is 16.9. The summed E-state index contributed by atoms with van der Waals surface area (Å²) in [4.78, 5) is 15.6. The molecule has 0 unspecified atom stereocenters.